The number of hydrogen-bond acceptors (Lipinski definition) is 3. The highest BCUT2D eigenvalue weighted by Gasteiger charge is 2.15. The molecule has 1 N–H and O–H groups in total. The van der Waals surface area contributed by atoms with Gasteiger partial charge in [-0.05, 0) is 36.2 Å². The number of nitrogens with zero attached hydrogens (tertiary/aromatic N) is 1. The summed E-state index contributed by atoms with van der Waals surface area (Å²) >= 11 is 11.8. The zero-order valence-corrected chi connectivity index (χ0v) is 16.1. The molecule has 0 atom stereocenters. The predicted octanol–water partition coefficient (Wildman–Crippen LogP) is 4.03. The van der Waals surface area contributed by atoms with Crippen LogP contribution in [0.4, 0.5) is 5.69 Å². The minimum atomic E-state index is -0.321. The fourth-order valence-corrected chi connectivity index (χ4v) is 3.04. The number of amides is 2. The second kappa shape index (κ2) is 9.46. The van der Waals surface area contributed by atoms with E-state index in [2.05, 4.69) is 5.32 Å². The van der Waals surface area contributed by atoms with Gasteiger partial charge in [-0.15, -0.1) is 0 Å². The molecule has 0 aliphatic heterocycles. The Hall–Kier alpha value is -2.24. The van der Waals surface area contributed by atoms with Crippen LogP contribution in [0, 0.1) is 0 Å². The lowest BCUT2D eigenvalue weighted by Crippen LogP contribution is -2.38. The summed E-state index contributed by atoms with van der Waals surface area (Å²) in [4.78, 5) is 25.6. The highest BCUT2D eigenvalue weighted by atomic mass is 35.5. The first kappa shape index (κ1) is 20.1. The molecule has 5 nitrogen and oxygen atoms in total. The van der Waals surface area contributed by atoms with Gasteiger partial charge in [0.05, 0.1) is 13.7 Å². The van der Waals surface area contributed by atoms with E-state index in [4.69, 9.17) is 27.9 Å². The van der Waals surface area contributed by atoms with Gasteiger partial charge in [0.2, 0.25) is 11.8 Å². The van der Waals surface area contributed by atoms with Gasteiger partial charge in [-0.25, -0.2) is 0 Å². The lowest BCUT2D eigenvalue weighted by Gasteiger charge is -2.21. The van der Waals surface area contributed by atoms with Crippen molar-refractivity contribution in [1.82, 2.24) is 4.90 Å². The monoisotopic (exact) mass is 394 g/mol. The Labute approximate surface area is 162 Å². The van der Waals surface area contributed by atoms with Gasteiger partial charge in [0.1, 0.15) is 5.75 Å². The molecule has 0 fully saturated rings. The Morgan fingerprint density at radius 1 is 1.12 bits per heavy atom. The van der Waals surface area contributed by atoms with Crippen LogP contribution < -0.4 is 10.1 Å². The summed E-state index contributed by atoms with van der Waals surface area (Å²) in [6.07, 6.45) is 0.583. The summed E-state index contributed by atoms with van der Waals surface area (Å²) in [6.45, 7) is 1.78. The summed E-state index contributed by atoms with van der Waals surface area (Å²) in [7, 11) is 1.60. The molecule has 0 aliphatic rings. The zero-order chi connectivity index (χ0) is 19.1. The molecule has 7 heteroatoms. The lowest BCUT2D eigenvalue weighted by atomic mass is 10.1. The van der Waals surface area contributed by atoms with Crippen molar-refractivity contribution >= 4 is 40.7 Å². The first-order valence-corrected chi connectivity index (χ1v) is 8.78. The molecule has 0 radical (unpaired) electrons. The molecule has 2 aromatic carbocycles. The van der Waals surface area contributed by atoms with Crippen molar-refractivity contribution in [3.63, 3.8) is 0 Å². The molecular weight excluding hydrogens is 375 g/mol. The number of carbonyl (C=O) groups is 2. The Morgan fingerprint density at radius 2 is 1.77 bits per heavy atom. The quantitative estimate of drug-likeness (QED) is 0.770. The van der Waals surface area contributed by atoms with Gasteiger partial charge < -0.3 is 15.0 Å². The summed E-state index contributed by atoms with van der Waals surface area (Å²) < 4.78 is 5.31. The van der Waals surface area contributed by atoms with E-state index < -0.39 is 0 Å². The minimum absolute atomic E-state index is 0.0609. The predicted molar refractivity (Wildman–Crippen MR) is 104 cm³/mol. The van der Waals surface area contributed by atoms with Crippen LogP contribution in [-0.2, 0) is 16.0 Å². The number of methoxy groups -OCH3 is 1. The molecule has 0 heterocycles. The van der Waals surface area contributed by atoms with Crippen molar-refractivity contribution in [2.45, 2.75) is 13.3 Å². The van der Waals surface area contributed by atoms with E-state index in [1.54, 1.807) is 25.3 Å². The molecule has 0 saturated carbocycles. The van der Waals surface area contributed by atoms with Gasteiger partial charge >= 0.3 is 0 Å². The van der Waals surface area contributed by atoms with Gasteiger partial charge in [-0.2, -0.15) is 0 Å². The van der Waals surface area contributed by atoms with Gasteiger partial charge in [0, 0.05) is 29.2 Å². The summed E-state index contributed by atoms with van der Waals surface area (Å²) in [5.41, 5.74) is 1.46. The van der Waals surface area contributed by atoms with Crippen molar-refractivity contribution in [2.24, 2.45) is 0 Å². The number of nitrogens with one attached hydrogen (secondary N) is 1. The molecular formula is C19H20Cl2N2O3. The zero-order valence-electron chi connectivity index (χ0n) is 14.6. The molecule has 0 saturated heterocycles. The number of ether oxygens (including phenoxy) is 1. The maximum Gasteiger partial charge on any atom is 0.243 e. The number of hydrogen-bond donors (Lipinski definition) is 1. The van der Waals surface area contributed by atoms with Crippen LogP contribution in [0.15, 0.2) is 42.5 Å². The van der Waals surface area contributed by atoms with E-state index in [1.165, 1.54) is 11.8 Å². The first-order chi connectivity index (χ1) is 12.4. The Kier molecular flexibility index (Phi) is 7.30. The number of benzene rings is 2. The molecule has 0 unspecified atom stereocenters. The Morgan fingerprint density at radius 3 is 2.38 bits per heavy atom. The van der Waals surface area contributed by atoms with Crippen molar-refractivity contribution in [1.29, 1.82) is 0 Å². The van der Waals surface area contributed by atoms with Crippen molar-refractivity contribution < 1.29 is 14.3 Å². The third kappa shape index (κ3) is 5.93. The normalized spacial score (nSPS) is 10.3. The van der Waals surface area contributed by atoms with E-state index in [1.807, 2.05) is 24.3 Å². The van der Waals surface area contributed by atoms with Crippen LogP contribution in [0.5, 0.6) is 5.75 Å². The van der Waals surface area contributed by atoms with E-state index in [0.29, 0.717) is 28.7 Å². The second-order valence-corrected chi connectivity index (χ2v) is 6.58. The number of carbonyl (C=O) groups excluding carboxylic acids is 2. The molecule has 2 rings (SSSR count). The number of halogens is 2. The molecule has 138 valence electrons. The topological polar surface area (TPSA) is 58.6 Å². The SMILES string of the molecule is COc1ccccc1CCN(CC(=O)Nc1cc(Cl)cc(Cl)c1)C(C)=O. The van der Waals surface area contributed by atoms with Crippen LogP contribution in [0.3, 0.4) is 0 Å². The van der Waals surface area contributed by atoms with Gasteiger partial charge in [0.25, 0.3) is 0 Å². The van der Waals surface area contributed by atoms with Crippen LogP contribution >= 0.6 is 23.2 Å². The Balaban J connectivity index is 1.98. The molecule has 2 aromatic rings. The average molecular weight is 395 g/mol. The standard InChI is InChI=1S/C19H20Cl2N2O3/c1-13(24)23(8-7-14-5-3-4-6-18(14)26-2)12-19(25)22-17-10-15(20)9-16(21)11-17/h3-6,9-11H,7-8,12H2,1-2H3,(H,22,25). The highest BCUT2D eigenvalue weighted by Crippen LogP contribution is 2.22. The van der Waals surface area contributed by atoms with Crippen molar-refractivity contribution in [3.8, 4) is 5.75 Å². The van der Waals surface area contributed by atoms with Gasteiger partial charge in [0.15, 0.2) is 0 Å². The average Bonchev–Trinajstić information content (AvgIpc) is 2.57. The van der Waals surface area contributed by atoms with Crippen LogP contribution in [-0.4, -0.2) is 36.9 Å². The summed E-state index contributed by atoms with van der Waals surface area (Å²) in [5.74, 6) is 0.256. The molecule has 0 bridgehead atoms. The molecule has 0 aromatic heterocycles. The van der Waals surface area contributed by atoms with E-state index >= 15 is 0 Å². The molecule has 2 amide bonds. The second-order valence-electron chi connectivity index (χ2n) is 5.71. The summed E-state index contributed by atoms with van der Waals surface area (Å²) in [5, 5.41) is 3.55. The maximum absolute atomic E-state index is 12.3. The highest BCUT2D eigenvalue weighted by molar-refractivity contribution is 6.35. The number of anilines is 1. The van der Waals surface area contributed by atoms with Gasteiger partial charge in [-0.3, -0.25) is 9.59 Å². The first-order valence-electron chi connectivity index (χ1n) is 8.02. The van der Waals surface area contributed by atoms with Crippen LogP contribution in [0.25, 0.3) is 0 Å². The number of para-hydroxylation sites is 1. The van der Waals surface area contributed by atoms with Crippen LogP contribution in [0.1, 0.15) is 12.5 Å². The smallest absolute Gasteiger partial charge is 0.243 e. The van der Waals surface area contributed by atoms with E-state index in [-0.39, 0.29) is 18.4 Å². The lowest BCUT2D eigenvalue weighted by molar-refractivity contribution is -0.132. The molecule has 26 heavy (non-hydrogen) atoms. The molecule has 0 aliphatic carbocycles. The van der Waals surface area contributed by atoms with Gasteiger partial charge in [-0.1, -0.05) is 41.4 Å². The molecule has 0 spiro atoms. The van der Waals surface area contributed by atoms with Crippen LogP contribution in [0.2, 0.25) is 10.0 Å². The number of rotatable bonds is 7. The fourth-order valence-electron chi connectivity index (χ4n) is 2.51. The van der Waals surface area contributed by atoms with E-state index in [9.17, 15) is 9.59 Å². The third-order valence-corrected chi connectivity index (χ3v) is 4.21. The van der Waals surface area contributed by atoms with Crippen molar-refractivity contribution in [2.75, 3.05) is 25.5 Å². The minimum Gasteiger partial charge on any atom is -0.496 e. The summed E-state index contributed by atoms with van der Waals surface area (Å²) in [6, 6.07) is 12.4. The largest absolute Gasteiger partial charge is 0.496 e. The third-order valence-electron chi connectivity index (χ3n) is 3.77. The van der Waals surface area contributed by atoms with Crippen molar-refractivity contribution in [3.05, 3.63) is 58.1 Å². The Bertz CT molecular complexity index is 776. The maximum atomic E-state index is 12.3. The van der Waals surface area contributed by atoms with E-state index in [0.717, 1.165) is 11.3 Å². The fraction of sp³-hybridized carbons (Fsp3) is 0.263.